The smallest absolute Gasteiger partial charge is 0.247 e. The second-order valence-electron chi connectivity index (χ2n) is 7.58. The highest BCUT2D eigenvalue weighted by molar-refractivity contribution is 6.30. The van der Waals surface area contributed by atoms with Gasteiger partial charge < -0.3 is 10.2 Å². The summed E-state index contributed by atoms with van der Waals surface area (Å²) in [5.41, 5.74) is 1.56. The summed E-state index contributed by atoms with van der Waals surface area (Å²) >= 11 is 18.0. The topological polar surface area (TPSA) is 49.4 Å². The maximum atomic E-state index is 13.4. The van der Waals surface area contributed by atoms with Gasteiger partial charge in [0, 0.05) is 22.6 Å². The van der Waals surface area contributed by atoms with Crippen molar-refractivity contribution in [1.82, 2.24) is 10.2 Å². The summed E-state index contributed by atoms with van der Waals surface area (Å²) in [7, 11) is 0. The first-order valence-corrected chi connectivity index (χ1v) is 11.4. The van der Waals surface area contributed by atoms with Gasteiger partial charge in [-0.1, -0.05) is 66.7 Å². The monoisotopic (exact) mass is 466 g/mol. The third-order valence-electron chi connectivity index (χ3n) is 5.40. The highest BCUT2D eigenvalue weighted by Crippen LogP contribution is 2.27. The quantitative estimate of drug-likeness (QED) is 0.527. The van der Waals surface area contributed by atoms with E-state index < -0.39 is 6.04 Å². The van der Waals surface area contributed by atoms with Crippen molar-refractivity contribution in [3.8, 4) is 0 Å². The molecule has 2 aromatic carbocycles. The predicted molar refractivity (Wildman–Crippen MR) is 122 cm³/mol. The van der Waals surface area contributed by atoms with Crippen LogP contribution in [0.25, 0.3) is 0 Å². The molecule has 1 aliphatic rings. The molecule has 1 fully saturated rings. The van der Waals surface area contributed by atoms with Crippen molar-refractivity contribution in [2.75, 3.05) is 5.88 Å². The van der Waals surface area contributed by atoms with E-state index in [1.165, 1.54) is 11.3 Å². The molecule has 0 bridgehead atoms. The van der Waals surface area contributed by atoms with Crippen LogP contribution in [0.2, 0.25) is 10.0 Å². The molecule has 2 amide bonds. The minimum atomic E-state index is -0.800. The van der Waals surface area contributed by atoms with Gasteiger partial charge in [0.1, 0.15) is 11.9 Å². The summed E-state index contributed by atoms with van der Waals surface area (Å²) in [6, 6.07) is 13.6. The molecule has 0 aliphatic heterocycles. The van der Waals surface area contributed by atoms with Gasteiger partial charge in [-0.3, -0.25) is 9.59 Å². The maximum Gasteiger partial charge on any atom is 0.247 e. The van der Waals surface area contributed by atoms with Crippen molar-refractivity contribution in [3.05, 3.63) is 69.7 Å². The number of rotatable bonds is 7. The fraction of sp³-hybridized carbons (Fsp3) is 0.391. The average Bonchev–Trinajstić information content (AvgIpc) is 2.76. The van der Waals surface area contributed by atoms with Crippen LogP contribution in [0, 0.1) is 0 Å². The third-order valence-corrected chi connectivity index (χ3v) is 6.13. The lowest BCUT2D eigenvalue weighted by Gasteiger charge is -2.33. The summed E-state index contributed by atoms with van der Waals surface area (Å²) in [5.74, 6) is -0.726. The minimum Gasteiger partial charge on any atom is -0.351 e. The lowest BCUT2D eigenvalue weighted by molar-refractivity contribution is -0.140. The Morgan fingerprint density at radius 1 is 0.933 bits per heavy atom. The van der Waals surface area contributed by atoms with E-state index in [2.05, 4.69) is 5.32 Å². The van der Waals surface area contributed by atoms with Crippen LogP contribution >= 0.6 is 34.8 Å². The van der Waals surface area contributed by atoms with Gasteiger partial charge in [0.25, 0.3) is 0 Å². The van der Waals surface area contributed by atoms with E-state index in [-0.39, 0.29) is 30.3 Å². The first kappa shape index (κ1) is 22.9. The van der Waals surface area contributed by atoms with Crippen LogP contribution in [0.5, 0.6) is 0 Å². The van der Waals surface area contributed by atoms with Crippen molar-refractivity contribution >= 4 is 46.6 Å². The molecule has 160 valence electrons. The van der Waals surface area contributed by atoms with Crippen molar-refractivity contribution in [2.24, 2.45) is 0 Å². The second kappa shape index (κ2) is 11.0. The average molecular weight is 468 g/mol. The van der Waals surface area contributed by atoms with E-state index >= 15 is 0 Å². The molecule has 4 nitrogen and oxygen atoms in total. The fourth-order valence-corrected chi connectivity index (χ4v) is 4.24. The lowest BCUT2D eigenvalue weighted by Crippen LogP contribution is -2.47. The largest absolute Gasteiger partial charge is 0.351 e. The Hall–Kier alpha value is -1.75. The van der Waals surface area contributed by atoms with Gasteiger partial charge >= 0.3 is 0 Å². The Morgan fingerprint density at radius 2 is 1.50 bits per heavy atom. The molecule has 3 rings (SSSR count). The zero-order chi connectivity index (χ0) is 21.5. The van der Waals surface area contributed by atoms with Crippen LogP contribution in [0.1, 0.15) is 49.3 Å². The highest BCUT2D eigenvalue weighted by Gasteiger charge is 2.32. The van der Waals surface area contributed by atoms with Gasteiger partial charge in [0.2, 0.25) is 11.8 Å². The Balaban J connectivity index is 1.92. The van der Waals surface area contributed by atoms with E-state index in [0.717, 1.165) is 31.2 Å². The number of nitrogens with one attached hydrogen (secondary N) is 1. The molecular formula is C23H25Cl3N2O2. The molecule has 0 radical (unpaired) electrons. The zero-order valence-corrected chi connectivity index (χ0v) is 18.9. The van der Waals surface area contributed by atoms with Crippen LogP contribution in [0.4, 0.5) is 0 Å². The molecule has 0 unspecified atom stereocenters. The van der Waals surface area contributed by atoms with Gasteiger partial charge in [-0.2, -0.15) is 0 Å². The van der Waals surface area contributed by atoms with Gasteiger partial charge in [-0.25, -0.2) is 0 Å². The van der Waals surface area contributed by atoms with Crippen LogP contribution in [-0.2, 0) is 16.1 Å². The summed E-state index contributed by atoms with van der Waals surface area (Å²) in [5, 5.41) is 4.33. The van der Waals surface area contributed by atoms with Crippen LogP contribution < -0.4 is 5.32 Å². The Bertz CT molecular complexity index is 850. The molecule has 1 saturated carbocycles. The first-order chi connectivity index (χ1) is 14.5. The van der Waals surface area contributed by atoms with Crippen LogP contribution in [0.3, 0.4) is 0 Å². The standard InChI is InChI=1S/C23H25Cl3N2O2/c24-14-21(29)28(15-16-6-10-18(25)11-7-16)22(17-8-12-19(26)13-9-17)23(30)27-20-4-2-1-3-5-20/h6-13,20,22H,1-5,14-15H2,(H,27,30)/t22-/m0/s1. The molecule has 0 saturated heterocycles. The number of hydrogen-bond donors (Lipinski definition) is 1. The molecule has 0 spiro atoms. The van der Waals surface area contributed by atoms with Crippen LogP contribution in [0.15, 0.2) is 48.5 Å². The number of halogens is 3. The lowest BCUT2D eigenvalue weighted by atomic mass is 9.94. The number of carbonyl (C=O) groups is 2. The predicted octanol–water partition coefficient (Wildman–Crippen LogP) is 5.75. The van der Waals surface area contributed by atoms with Gasteiger partial charge in [0.15, 0.2) is 0 Å². The molecule has 0 aromatic heterocycles. The third kappa shape index (κ3) is 6.13. The summed E-state index contributed by atoms with van der Waals surface area (Å²) in [6.45, 7) is 0.244. The number of amides is 2. The minimum absolute atomic E-state index is 0.129. The molecule has 1 aliphatic carbocycles. The van der Waals surface area contributed by atoms with E-state index in [1.807, 2.05) is 12.1 Å². The van der Waals surface area contributed by atoms with E-state index in [1.54, 1.807) is 36.4 Å². The molecule has 30 heavy (non-hydrogen) atoms. The van der Waals surface area contributed by atoms with E-state index in [9.17, 15) is 9.59 Å². The zero-order valence-electron chi connectivity index (χ0n) is 16.6. The summed E-state index contributed by atoms with van der Waals surface area (Å²) < 4.78 is 0. The Morgan fingerprint density at radius 3 is 2.07 bits per heavy atom. The molecule has 1 atom stereocenters. The highest BCUT2D eigenvalue weighted by atomic mass is 35.5. The van der Waals surface area contributed by atoms with Crippen molar-refractivity contribution in [1.29, 1.82) is 0 Å². The van der Waals surface area contributed by atoms with Crippen molar-refractivity contribution in [2.45, 2.75) is 50.7 Å². The second-order valence-corrected chi connectivity index (χ2v) is 8.72. The Labute approximate surface area is 192 Å². The fourth-order valence-electron chi connectivity index (χ4n) is 3.83. The van der Waals surface area contributed by atoms with E-state index in [0.29, 0.717) is 15.6 Å². The number of nitrogens with zero attached hydrogens (tertiary/aromatic N) is 1. The molecule has 0 heterocycles. The number of alkyl halides is 1. The summed E-state index contributed by atoms with van der Waals surface area (Å²) in [4.78, 5) is 27.7. The van der Waals surface area contributed by atoms with E-state index in [4.69, 9.17) is 34.8 Å². The Kier molecular flexibility index (Phi) is 8.43. The number of benzene rings is 2. The number of hydrogen-bond acceptors (Lipinski definition) is 2. The maximum absolute atomic E-state index is 13.4. The van der Waals surface area contributed by atoms with Crippen molar-refractivity contribution < 1.29 is 9.59 Å². The number of carbonyl (C=O) groups excluding carboxylic acids is 2. The normalized spacial score (nSPS) is 15.4. The molecule has 7 heteroatoms. The van der Waals surface area contributed by atoms with Crippen LogP contribution in [-0.4, -0.2) is 28.6 Å². The summed E-state index contributed by atoms with van der Waals surface area (Å²) in [6.07, 6.45) is 5.32. The first-order valence-electron chi connectivity index (χ1n) is 10.1. The van der Waals surface area contributed by atoms with Gasteiger partial charge in [-0.05, 0) is 48.2 Å². The molecular weight excluding hydrogens is 443 g/mol. The van der Waals surface area contributed by atoms with Crippen molar-refractivity contribution in [3.63, 3.8) is 0 Å². The SMILES string of the molecule is O=C(NC1CCCCC1)[C@H](c1ccc(Cl)cc1)N(Cc1ccc(Cl)cc1)C(=O)CCl. The van der Waals surface area contributed by atoms with Gasteiger partial charge in [0.05, 0.1) is 0 Å². The van der Waals surface area contributed by atoms with Gasteiger partial charge in [-0.15, -0.1) is 11.6 Å². The molecule has 2 aromatic rings. The molecule has 1 N–H and O–H groups in total.